The van der Waals surface area contributed by atoms with Crippen LogP contribution in [0.25, 0.3) is 0 Å². The minimum Gasteiger partial charge on any atom is -0.399 e. The SMILES string of the molecule is C/C=C(\C)C(O)C(C)/C=C/C=C(\C)CCC(O)CC1=C(C)C(=O)C(C)(O)OC(=O)O1. The molecule has 7 heteroatoms. The molecule has 0 bridgehead atoms. The van der Waals surface area contributed by atoms with E-state index in [9.17, 15) is 24.9 Å². The number of rotatable bonds is 9. The molecule has 1 heterocycles. The monoisotopic (exact) mass is 422 g/mol. The van der Waals surface area contributed by atoms with Crippen molar-refractivity contribution in [1.82, 2.24) is 0 Å². The minimum absolute atomic E-state index is 0.000959. The van der Waals surface area contributed by atoms with Gasteiger partial charge in [0.2, 0.25) is 5.78 Å². The zero-order valence-corrected chi connectivity index (χ0v) is 18.6. The number of ketones is 1. The Kier molecular flexibility index (Phi) is 9.68. The number of aliphatic hydroxyl groups excluding tert-OH is 2. The molecule has 7 nitrogen and oxygen atoms in total. The second-order valence-corrected chi connectivity index (χ2v) is 7.95. The van der Waals surface area contributed by atoms with Gasteiger partial charge in [-0.15, -0.1) is 0 Å². The molecule has 30 heavy (non-hydrogen) atoms. The number of hydrogen-bond acceptors (Lipinski definition) is 7. The lowest BCUT2D eigenvalue weighted by Gasteiger charge is -2.17. The molecule has 0 radical (unpaired) electrons. The molecule has 0 aromatic carbocycles. The van der Waals surface area contributed by atoms with Crippen molar-refractivity contribution in [3.63, 3.8) is 0 Å². The largest absolute Gasteiger partial charge is 0.516 e. The van der Waals surface area contributed by atoms with Crippen molar-refractivity contribution >= 4 is 11.9 Å². The molecule has 0 aromatic rings. The number of hydrogen-bond donors (Lipinski definition) is 3. The van der Waals surface area contributed by atoms with E-state index in [-0.39, 0.29) is 23.7 Å². The van der Waals surface area contributed by atoms with Crippen LogP contribution in [0, 0.1) is 5.92 Å². The number of ether oxygens (including phenoxy) is 2. The molecular weight excluding hydrogens is 388 g/mol. The van der Waals surface area contributed by atoms with Crippen molar-refractivity contribution in [2.24, 2.45) is 5.92 Å². The summed E-state index contributed by atoms with van der Waals surface area (Å²) >= 11 is 0. The van der Waals surface area contributed by atoms with Crippen molar-refractivity contribution in [3.05, 3.63) is 46.8 Å². The first-order chi connectivity index (χ1) is 13.9. The number of carbonyl (C=O) groups excluding carboxylic acids is 2. The third-order valence-electron chi connectivity index (χ3n) is 5.18. The maximum atomic E-state index is 12.2. The third-order valence-corrected chi connectivity index (χ3v) is 5.18. The summed E-state index contributed by atoms with van der Waals surface area (Å²) in [6, 6.07) is 0. The standard InChI is InChI=1S/C23H34O7/c1-7-15(3)20(25)16(4)10-8-9-14(2)11-12-18(24)13-19-17(5)21(26)23(6,28)30-22(27)29-19/h7-10,16,18,20,24-25,28H,11-13H2,1-6H3/b10-8+,14-9+,15-7+. The normalized spacial score (nSPS) is 24.4. The van der Waals surface area contributed by atoms with Crippen molar-refractivity contribution < 1.29 is 34.4 Å². The molecule has 4 atom stereocenters. The van der Waals surface area contributed by atoms with Crippen molar-refractivity contribution in [2.45, 2.75) is 78.8 Å². The Balaban J connectivity index is 2.65. The highest BCUT2D eigenvalue weighted by Crippen LogP contribution is 2.26. The number of Topliss-reactive ketones (excluding diaryl/α,β-unsaturated/α-hetero) is 1. The molecule has 0 aromatic heterocycles. The molecule has 4 unspecified atom stereocenters. The fourth-order valence-corrected chi connectivity index (χ4v) is 2.96. The van der Waals surface area contributed by atoms with E-state index >= 15 is 0 Å². The fraction of sp³-hybridized carbons (Fsp3) is 0.565. The smallest absolute Gasteiger partial charge is 0.399 e. The molecule has 0 saturated heterocycles. The zero-order chi connectivity index (χ0) is 23.1. The predicted octanol–water partition coefficient (Wildman–Crippen LogP) is 3.70. The summed E-state index contributed by atoms with van der Waals surface area (Å²) in [6.07, 6.45) is 6.02. The fourth-order valence-electron chi connectivity index (χ4n) is 2.96. The van der Waals surface area contributed by atoms with Crippen LogP contribution in [0.5, 0.6) is 0 Å². The van der Waals surface area contributed by atoms with Gasteiger partial charge in [-0.2, -0.15) is 0 Å². The van der Waals surface area contributed by atoms with E-state index in [1.807, 2.05) is 52.0 Å². The summed E-state index contributed by atoms with van der Waals surface area (Å²) in [5.74, 6) is -3.08. The molecule has 0 saturated carbocycles. The Morgan fingerprint density at radius 1 is 1.23 bits per heavy atom. The van der Waals surface area contributed by atoms with Gasteiger partial charge in [0.25, 0.3) is 5.79 Å². The average Bonchev–Trinajstić information content (AvgIpc) is 2.74. The number of carbonyl (C=O) groups is 2. The van der Waals surface area contributed by atoms with Gasteiger partial charge in [0, 0.05) is 24.8 Å². The number of aliphatic hydroxyl groups is 3. The third kappa shape index (κ3) is 7.55. The Hall–Kier alpha value is -2.22. The van der Waals surface area contributed by atoms with Crippen LogP contribution >= 0.6 is 0 Å². The molecule has 1 aliphatic heterocycles. The highest BCUT2D eigenvalue weighted by Gasteiger charge is 2.41. The quantitative estimate of drug-likeness (QED) is 0.295. The van der Waals surface area contributed by atoms with Crippen LogP contribution < -0.4 is 0 Å². The van der Waals surface area contributed by atoms with Gasteiger partial charge in [-0.05, 0) is 46.1 Å². The van der Waals surface area contributed by atoms with Crippen LogP contribution in [0.4, 0.5) is 4.79 Å². The zero-order valence-electron chi connectivity index (χ0n) is 18.6. The molecule has 0 spiro atoms. The molecule has 1 rings (SSSR count). The van der Waals surface area contributed by atoms with Gasteiger partial charge >= 0.3 is 6.16 Å². The molecule has 0 fully saturated rings. The Labute approximate surface area is 178 Å². The summed E-state index contributed by atoms with van der Waals surface area (Å²) < 4.78 is 9.55. The summed E-state index contributed by atoms with van der Waals surface area (Å²) in [5, 5.41) is 30.3. The average molecular weight is 423 g/mol. The lowest BCUT2D eigenvalue weighted by Crippen LogP contribution is -2.39. The molecule has 3 N–H and O–H groups in total. The maximum absolute atomic E-state index is 12.2. The van der Waals surface area contributed by atoms with E-state index in [0.717, 1.165) is 18.1 Å². The molecule has 1 aliphatic rings. The topological polar surface area (TPSA) is 113 Å². The Morgan fingerprint density at radius 3 is 2.47 bits per heavy atom. The van der Waals surface area contributed by atoms with Gasteiger partial charge in [0.05, 0.1) is 12.2 Å². The van der Waals surface area contributed by atoms with Crippen LogP contribution in [-0.4, -0.2) is 45.3 Å². The van der Waals surface area contributed by atoms with E-state index in [2.05, 4.69) is 4.74 Å². The van der Waals surface area contributed by atoms with E-state index in [4.69, 9.17) is 4.74 Å². The summed E-state index contributed by atoms with van der Waals surface area (Å²) in [5.41, 5.74) is 2.00. The van der Waals surface area contributed by atoms with Gasteiger partial charge in [-0.1, -0.05) is 36.8 Å². The summed E-state index contributed by atoms with van der Waals surface area (Å²) in [4.78, 5) is 23.8. The van der Waals surface area contributed by atoms with Crippen LogP contribution in [0.2, 0.25) is 0 Å². The van der Waals surface area contributed by atoms with Crippen LogP contribution in [0.3, 0.4) is 0 Å². The molecule has 168 valence electrons. The van der Waals surface area contributed by atoms with E-state index in [1.165, 1.54) is 6.92 Å². The van der Waals surface area contributed by atoms with E-state index in [0.29, 0.717) is 12.8 Å². The summed E-state index contributed by atoms with van der Waals surface area (Å²) in [6.45, 7) is 10.1. The molecule has 0 amide bonds. The summed E-state index contributed by atoms with van der Waals surface area (Å²) in [7, 11) is 0. The molecular formula is C23H34O7. The van der Waals surface area contributed by atoms with Gasteiger partial charge in [0.1, 0.15) is 5.76 Å². The number of cyclic esters (lactones) is 2. The predicted molar refractivity (Wildman–Crippen MR) is 113 cm³/mol. The first-order valence-electron chi connectivity index (χ1n) is 10.1. The number of allylic oxidation sites excluding steroid dienone is 4. The van der Waals surface area contributed by atoms with Gasteiger partial charge < -0.3 is 24.8 Å². The van der Waals surface area contributed by atoms with Crippen LogP contribution in [0.15, 0.2) is 46.8 Å². The van der Waals surface area contributed by atoms with Gasteiger partial charge in [0.15, 0.2) is 0 Å². The van der Waals surface area contributed by atoms with Gasteiger partial charge in [-0.25, -0.2) is 4.79 Å². The van der Waals surface area contributed by atoms with Gasteiger partial charge in [-0.3, -0.25) is 4.79 Å². The van der Waals surface area contributed by atoms with Crippen LogP contribution in [0.1, 0.15) is 60.8 Å². The first kappa shape index (κ1) is 25.8. The Morgan fingerprint density at radius 2 is 1.87 bits per heavy atom. The first-order valence-corrected chi connectivity index (χ1v) is 10.1. The molecule has 0 aliphatic carbocycles. The van der Waals surface area contributed by atoms with E-state index in [1.54, 1.807) is 0 Å². The lowest BCUT2D eigenvalue weighted by molar-refractivity contribution is -0.174. The van der Waals surface area contributed by atoms with E-state index < -0.39 is 29.9 Å². The lowest BCUT2D eigenvalue weighted by atomic mass is 9.97. The highest BCUT2D eigenvalue weighted by atomic mass is 16.8. The second-order valence-electron chi connectivity index (χ2n) is 7.95. The van der Waals surface area contributed by atoms with Crippen molar-refractivity contribution in [3.8, 4) is 0 Å². The Bertz CT molecular complexity index is 756. The maximum Gasteiger partial charge on any atom is 0.516 e. The second kappa shape index (κ2) is 11.2. The minimum atomic E-state index is -2.28. The van der Waals surface area contributed by atoms with Crippen molar-refractivity contribution in [1.29, 1.82) is 0 Å². The highest BCUT2D eigenvalue weighted by molar-refractivity contribution is 6.02. The van der Waals surface area contributed by atoms with Crippen molar-refractivity contribution in [2.75, 3.05) is 0 Å². The van der Waals surface area contributed by atoms with Crippen LogP contribution in [-0.2, 0) is 14.3 Å².